The zero-order valence-electron chi connectivity index (χ0n) is 14.5. The highest BCUT2D eigenvalue weighted by Crippen LogP contribution is 2.29. The van der Waals surface area contributed by atoms with Crippen molar-refractivity contribution in [3.05, 3.63) is 54.1 Å². The summed E-state index contributed by atoms with van der Waals surface area (Å²) >= 11 is 0. The van der Waals surface area contributed by atoms with Crippen LogP contribution in [0.4, 0.5) is 5.69 Å². The van der Waals surface area contributed by atoms with Gasteiger partial charge in [0, 0.05) is 24.8 Å². The zero-order chi connectivity index (χ0) is 17.2. The highest BCUT2D eigenvalue weighted by molar-refractivity contribution is 5.93. The van der Waals surface area contributed by atoms with Crippen LogP contribution in [0.15, 0.2) is 53.5 Å². The molecule has 0 radical (unpaired) electrons. The number of benzene rings is 2. The molecule has 5 nitrogen and oxygen atoms in total. The molecule has 2 aromatic carbocycles. The maximum atomic E-state index is 5.33. The predicted molar refractivity (Wildman–Crippen MR) is 99.3 cm³/mol. The first kappa shape index (κ1) is 17.7. The third-order valence-electron chi connectivity index (χ3n) is 3.50. The average Bonchev–Trinajstić information content (AvgIpc) is 2.62. The van der Waals surface area contributed by atoms with E-state index in [-0.39, 0.29) is 0 Å². The summed E-state index contributed by atoms with van der Waals surface area (Å²) in [6.07, 6.45) is 0.906. The van der Waals surface area contributed by atoms with Crippen molar-refractivity contribution < 1.29 is 9.47 Å². The van der Waals surface area contributed by atoms with Crippen LogP contribution in [0.25, 0.3) is 0 Å². The average molecular weight is 327 g/mol. The van der Waals surface area contributed by atoms with Crippen LogP contribution in [0.2, 0.25) is 0 Å². The van der Waals surface area contributed by atoms with Crippen molar-refractivity contribution in [3.8, 4) is 11.5 Å². The Morgan fingerprint density at radius 1 is 1.00 bits per heavy atom. The number of anilines is 1. The van der Waals surface area contributed by atoms with Gasteiger partial charge in [-0.05, 0) is 31.0 Å². The Kier molecular flexibility index (Phi) is 6.95. The van der Waals surface area contributed by atoms with Gasteiger partial charge in [0.2, 0.25) is 0 Å². The molecule has 0 unspecified atom stereocenters. The smallest absolute Gasteiger partial charge is 0.195 e. The summed E-state index contributed by atoms with van der Waals surface area (Å²) in [6, 6.07) is 16.0. The second-order valence-corrected chi connectivity index (χ2v) is 5.19. The van der Waals surface area contributed by atoms with E-state index >= 15 is 0 Å². The fraction of sp³-hybridized carbons (Fsp3) is 0.316. The molecule has 0 heterocycles. The van der Waals surface area contributed by atoms with Gasteiger partial charge in [-0.15, -0.1) is 0 Å². The van der Waals surface area contributed by atoms with Crippen LogP contribution in [0.3, 0.4) is 0 Å². The van der Waals surface area contributed by atoms with E-state index in [4.69, 9.17) is 9.47 Å². The minimum Gasteiger partial charge on any atom is -0.493 e. The maximum absolute atomic E-state index is 5.33. The molecule has 0 aliphatic heterocycles. The lowest BCUT2D eigenvalue weighted by Crippen LogP contribution is -2.30. The molecule has 2 rings (SSSR count). The summed E-state index contributed by atoms with van der Waals surface area (Å²) in [6.45, 7) is 3.56. The van der Waals surface area contributed by atoms with Gasteiger partial charge in [0.1, 0.15) is 0 Å². The summed E-state index contributed by atoms with van der Waals surface area (Å²) < 4.78 is 10.6. The van der Waals surface area contributed by atoms with E-state index in [1.54, 1.807) is 14.2 Å². The van der Waals surface area contributed by atoms with Crippen LogP contribution < -0.4 is 20.1 Å². The van der Waals surface area contributed by atoms with Gasteiger partial charge >= 0.3 is 0 Å². The molecule has 24 heavy (non-hydrogen) atoms. The molecule has 0 aliphatic carbocycles. The predicted octanol–water partition coefficient (Wildman–Crippen LogP) is 3.32. The van der Waals surface area contributed by atoms with E-state index in [1.807, 2.05) is 43.3 Å². The molecule has 0 atom stereocenters. The molecule has 128 valence electrons. The van der Waals surface area contributed by atoms with Crippen LogP contribution in [-0.2, 0) is 6.42 Å². The van der Waals surface area contributed by atoms with E-state index in [1.165, 1.54) is 5.56 Å². The van der Waals surface area contributed by atoms with E-state index < -0.39 is 0 Å². The monoisotopic (exact) mass is 327 g/mol. The highest BCUT2D eigenvalue weighted by atomic mass is 16.5. The van der Waals surface area contributed by atoms with Crippen molar-refractivity contribution in [2.45, 2.75) is 13.3 Å². The fourth-order valence-electron chi connectivity index (χ4n) is 2.30. The van der Waals surface area contributed by atoms with Crippen LogP contribution in [0.5, 0.6) is 11.5 Å². The second-order valence-electron chi connectivity index (χ2n) is 5.19. The lowest BCUT2D eigenvalue weighted by atomic mass is 10.2. The van der Waals surface area contributed by atoms with E-state index in [2.05, 4.69) is 27.8 Å². The summed E-state index contributed by atoms with van der Waals surface area (Å²) in [5, 5.41) is 6.55. The number of nitrogens with zero attached hydrogens (tertiary/aromatic N) is 1. The first-order chi connectivity index (χ1) is 11.8. The molecule has 0 saturated carbocycles. The molecule has 0 aliphatic rings. The van der Waals surface area contributed by atoms with Crippen molar-refractivity contribution in [2.75, 3.05) is 32.6 Å². The van der Waals surface area contributed by atoms with Crippen molar-refractivity contribution in [1.82, 2.24) is 5.32 Å². The Bertz CT molecular complexity index is 657. The van der Waals surface area contributed by atoms with Gasteiger partial charge in [0.05, 0.1) is 14.2 Å². The van der Waals surface area contributed by atoms with E-state index in [9.17, 15) is 0 Å². The third-order valence-corrected chi connectivity index (χ3v) is 3.50. The van der Waals surface area contributed by atoms with Gasteiger partial charge in [-0.3, -0.25) is 4.99 Å². The van der Waals surface area contributed by atoms with Gasteiger partial charge in [-0.1, -0.05) is 30.3 Å². The lowest BCUT2D eigenvalue weighted by molar-refractivity contribution is 0.355. The third kappa shape index (κ3) is 5.19. The second kappa shape index (κ2) is 9.45. The Hall–Kier alpha value is -2.69. The quantitative estimate of drug-likeness (QED) is 0.605. The topological polar surface area (TPSA) is 54.9 Å². The first-order valence-corrected chi connectivity index (χ1v) is 8.08. The molecule has 0 saturated heterocycles. The van der Waals surface area contributed by atoms with Crippen molar-refractivity contribution >= 4 is 11.6 Å². The Balaban J connectivity index is 2.03. The van der Waals surface area contributed by atoms with Gasteiger partial charge in [-0.2, -0.15) is 0 Å². The SMILES string of the molecule is CCNC(=NCCc1ccccc1)Nc1ccc(OC)c(OC)c1. The molecule has 5 heteroatoms. The van der Waals surface area contributed by atoms with Crippen molar-refractivity contribution in [1.29, 1.82) is 0 Å². The molecule has 0 bridgehead atoms. The van der Waals surface area contributed by atoms with Crippen LogP contribution in [0.1, 0.15) is 12.5 Å². The van der Waals surface area contributed by atoms with Crippen LogP contribution in [-0.4, -0.2) is 33.3 Å². The molecular formula is C19H25N3O2. The summed E-state index contributed by atoms with van der Waals surface area (Å²) in [4.78, 5) is 4.62. The Morgan fingerprint density at radius 3 is 2.42 bits per heavy atom. The number of rotatable bonds is 7. The maximum Gasteiger partial charge on any atom is 0.195 e. The largest absolute Gasteiger partial charge is 0.493 e. The number of aliphatic imine (C=N–C) groups is 1. The molecule has 2 aromatic rings. The van der Waals surface area contributed by atoms with E-state index in [0.717, 1.165) is 24.6 Å². The number of ether oxygens (including phenoxy) is 2. The molecule has 0 amide bonds. The first-order valence-electron chi connectivity index (χ1n) is 8.08. The minimum absolute atomic E-state index is 0.683. The molecule has 2 N–H and O–H groups in total. The Labute approximate surface area is 143 Å². The minimum atomic E-state index is 0.683. The summed E-state index contributed by atoms with van der Waals surface area (Å²) in [7, 11) is 3.25. The van der Waals surface area contributed by atoms with Crippen LogP contribution >= 0.6 is 0 Å². The molecule has 0 aromatic heterocycles. The number of hydrogen-bond donors (Lipinski definition) is 2. The van der Waals surface area contributed by atoms with Gasteiger partial charge < -0.3 is 20.1 Å². The lowest BCUT2D eigenvalue weighted by Gasteiger charge is -2.13. The number of guanidine groups is 1. The Morgan fingerprint density at radius 2 is 1.75 bits per heavy atom. The zero-order valence-corrected chi connectivity index (χ0v) is 14.5. The number of hydrogen-bond acceptors (Lipinski definition) is 3. The van der Waals surface area contributed by atoms with Gasteiger partial charge in [-0.25, -0.2) is 0 Å². The fourth-order valence-corrected chi connectivity index (χ4v) is 2.30. The number of nitrogens with one attached hydrogen (secondary N) is 2. The highest BCUT2D eigenvalue weighted by Gasteiger charge is 2.06. The van der Waals surface area contributed by atoms with Crippen LogP contribution in [0, 0.1) is 0 Å². The van der Waals surface area contributed by atoms with Crippen molar-refractivity contribution in [2.24, 2.45) is 4.99 Å². The normalized spacial score (nSPS) is 11.0. The standard InChI is InChI=1S/C19H25N3O2/c1-4-20-19(21-13-12-15-8-6-5-7-9-15)22-16-10-11-17(23-2)18(14-16)24-3/h5-11,14H,4,12-13H2,1-3H3,(H2,20,21,22). The number of methoxy groups -OCH3 is 2. The molecule has 0 spiro atoms. The summed E-state index contributed by atoms with van der Waals surface area (Å²) in [5.41, 5.74) is 2.18. The van der Waals surface area contributed by atoms with Gasteiger partial charge in [0.25, 0.3) is 0 Å². The van der Waals surface area contributed by atoms with E-state index in [0.29, 0.717) is 18.0 Å². The summed E-state index contributed by atoms with van der Waals surface area (Å²) in [5.74, 6) is 2.14. The van der Waals surface area contributed by atoms with Gasteiger partial charge in [0.15, 0.2) is 17.5 Å². The van der Waals surface area contributed by atoms with Crippen molar-refractivity contribution in [3.63, 3.8) is 0 Å². The molecular weight excluding hydrogens is 302 g/mol. The molecule has 0 fully saturated rings.